The third-order valence-corrected chi connectivity index (χ3v) is 11.9. The van der Waals surface area contributed by atoms with Crippen LogP contribution in [0, 0.1) is 0 Å². The van der Waals surface area contributed by atoms with Crippen molar-refractivity contribution >= 4 is 35.2 Å². The van der Waals surface area contributed by atoms with Crippen molar-refractivity contribution in [2.75, 3.05) is 19.5 Å². The van der Waals surface area contributed by atoms with Crippen molar-refractivity contribution in [3.63, 3.8) is 0 Å². The highest BCUT2D eigenvalue weighted by atomic mass is 31.2. The van der Waals surface area contributed by atoms with Gasteiger partial charge in [-0.05, 0) is 73.4 Å². The lowest BCUT2D eigenvalue weighted by Crippen LogP contribution is -2.33. The minimum Gasteiger partial charge on any atom is -0.454 e. The Morgan fingerprint density at radius 3 is 1.90 bits per heavy atom. The molecule has 0 radical (unpaired) electrons. The Bertz CT molecular complexity index is 1360. The number of carbonyl (C=O) groups is 1. The largest absolute Gasteiger partial charge is 0.454 e. The van der Waals surface area contributed by atoms with E-state index in [4.69, 9.17) is 9.47 Å². The van der Waals surface area contributed by atoms with E-state index >= 15 is 0 Å². The van der Waals surface area contributed by atoms with Gasteiger partial charge in [0.1, 0.15) is 23.2 Å². The first-order valence-electron chi connectivity index (χ1n) is 14.3. The Morgan fingerprint density at radius 1 is 0.683 bits per heavy atom. The van der Waals surface area contributed by atoms with E-state index in [1.807, 2.05) is 30.4 Å². The van der Waals surface area contributed by atoms with Crippen LogP contribution in [-0.2, 0) is 4.79 Å². The number of unbranched alkanes of at least 4 members (excludes halogenated alkanes) is 3. The van der Waals surface area contributed by atoms with Crippen LogP contribution >= 0.6 is 7.26 Å². The monoisotopic (exact) mass is 562 g/mol. The first-order valence-corrected chi connectivity index (χ1v) is 16.3. The van der Waals surface area contributed by atoms with E-state index < -0.39 is 7.26 Å². The zero-order valence-electron chi connectivity index (χ0n) is 23.3. The molecule has 208 valence electrons. The normalized spacial score (nSPS) is 12.7. The molecule has 1 amide bonds. The van der Waals surface area contributed by atoms with Gasteiger partial charge in [0.05, 0.1) is 6.16 Å². The van der Waals surface area contributed by atoms with E-state index in [9.17, 15) is 4.79 Å². The number of carbonyl (C=O) groups excluding carboxylic acids is 1. The summed E-state index contributed by atoms with van der Waals surface area (Å²) in [6.07, 6.45) is 12.6. The SMILES string of the molecule is O=C(/C=C/C=C/c1ccc2c(c1)OCO2)NCCCCCC[P+](c1ccccc1)(c1ccccc1)c1ccccc1. The maximum Gasteiger partial charge on any atom is 0.243 e. The third kappa shape index (κ3) is 7.34. The second-order valence-corrected chi connectivity index (χ2v) is 13.7. The average molecular weight is 563 g/mol. The van der Waals surface area contributed by atoms with Crippen molar-refractivity contribution < 1.29 is 14.3 Å². The van der Waals surface area contributed by atoms with Gasteiger partial charge in [0.2, 0.25) is 12.7 Å². The number of ether oxygens (including phenoxy) is 2. The molecule has 0 bridgehead atoms. The van der Waals surface area contributed by atoms with Gasteiger partial charge in [0, 0.05) is 12.6 Å². The van der Waals surface area contributed by atoms with E-state index in [0.717, 1.165) is 48.9 Å². The molecule has 1 N–H and O–H groups in total. The number of allylic oxidation sites excluding steroid dienone is 2. The number of hydrogen-bond acceptors (Lipinski definition) is 3. The highest BCUT2D eigenvalue weighted by molar-refractivity contribution is 7.95. The predicted molar refractivity (Wildman–Crippen MR) is 172 cm³/mol. The molecule has 0 atom stereocenters. The smallest absolute Gasteiger partial charge is 0.243 e. The molecule has 41 heavy (non-hydrogen) atoms. The number of rotatable bonds is 13. The molecule has 4 aromatic carbocycles. The van der Waals surface area contributed by atoms with Gasteiger partial charge in [-0.2, -0.15) is 0 Å². The van der Waals surface area contributed by atoms with Gasteiger partial charge in [-0.25, -0.2) is 0 Å². The summed E-state index contributed by atoms with van der Waals surface area (Å²) < 4.78 is 10.7. The Balaban J connectivity index is 1.11. The van der Waals surface area contributed by atoms with Gasteiger partial charge >= 0.3 is 0 Å². The summed E-state index contributed by atoms with van der Waals surface area (Å²) in [6, 6.07) is 38.9. The summed E-state index contributed by atoms with van der Waals surface area (Å²) in [5, 5.41) is 7.31. The maximum atomic E-state index is 12.2. The molecule has 4 nitrogen and oxygen atoms in total. The van der Waals surface area contributed by atoms with E-state index in [-0.39, 0.29) is 12.7 Å². The zero-order chi connectivity index (χ0) is 28.2. The molecule has 0 saturated heterocycles. The maximum absolute atomic E-state index is 12.2. The zero-order valence-corrected chi connectivity index (χ0v) is 24.2. The minimum atomic E-state index is -1.77. The fourth-order valence-electron chi connectivity index (χ4n) is 5.31. The van der Waals surface area contributed by atoms with Gasteiger partial charge in [0.15, 0.2) is 11.5 Å². The van der Waals surface area contributed by atoms with Crippen molar-refractivity contribution in [2.45, 2.75) is 25.7 Å². The molecule has 0 aromatic heterocycles. The van der Waals surface area contributed by atoms with Gasteiger partial charge in [0.25, 0.3) is 0 Å². The lowest BCUT2D eigenvalue weighted by Gasteiger charge is -2.27. The van der Waals surface area contributed by atoms with Gasteiger partial charge in [-0.15, -0.1) is 0 Å². The summed E-state index contributed by atoms with van der Waals surface area (Å²) >= 11 is 0. The summed E-state index contributed by atoms with van der Waals surface area (Å²) in [5.74, 6) is 1.45. The molecule has 0 spiro atoms. The van der Waals surface area contributed by atoms with Crippen LogP contribution in [-0.4, -0.2) is 25.4 Å². The Labute approximate surface area is 244 Å². The van der Waals surface area contributed by atoms with Gasteiger partial charge in [-0.3, -0.25) is 4.79 Å². The van der Waals surface area contributed by atoms with E-state index in [1.54, 1.807) is 12.2 Å². The van der Waals surface area contributed by atoms with Crippen molar-refractivity contribution in [3.8, 4) is 11.5 Å². The Kier molecular flexibility index (Phi) is 10.0. The number of amides is 1. The van der Waals surface area contributed by atoms with Crippen molar-refractivity contribution in [1.29, 1.82) is 0 Å². The Morgan fingerprint density at radius 2 is 1.27 bits per heavy atom. The molecule has 1 heterocycles. The number of benzene rings is 4. The van der Waals surface area contributed by atoms with Crippen LogP contribution in [0.5, 0.6) is 11.5 Å². The molecule has 0 aliphatic carbocycles. The highest BCUT2D eigenvalue weighted by Gasteiger charge is 2.44. The molecule has 1 aliphatic rings. The van der Waals surface area contributed by atoms with Crippen LogP contribution in [0.3, 0.4) is 0 Å². The summed E-state index contributed by atoms with van der Waals surface area (Å²) in [5.41, 5.74) is 0.998. The van der Waals surface area contributed by atoms with Gasteiger partial charge in [-0.1, -0.05) is 85.3 Å². The second-order valence-electron chi connectivity index (χ2n) is 10.1. The third-order valence-electron chi connectivity index (χ3n) is 7.35. The molecular weight excluding hydrogens is 525 g/mol. The molecular formula is C36H37NO3P+. The lowest BCUT2D eigenvalue weighted by molar-refractivity contribution is -0.116. The first kappa shape index (κ1) is 28.4. The van der Waals surface area contributed by atoms with Crippen LogP contribution in [0.1, 0.15) is 31.2 Å². The molecule has 0 saturated carbocycles. The van der Waals surface area contributed by atoms with Crippen LogP contribution < -0.4 is 30.7 Å². The molecule has 0 fully saturated rings. The van der Waals surface area contributed by atoms with E-state index in [1.165, 1.54) is 15.9 Å². The fourth-order valence-corrected chi connectivity index (χ4v) is 9.72. The van der Waals surface area contributed by atoms with Crippen molar-refractivity contribution in [2.24, 2.45) is 0 Å². The average Bonchev–Trinajstić information content (AvgIpc) is 3.50. The second kappa shape index (κ2) is 14.5. The fraction of sp³-hybridized carbons (Fsp3) is 0.194. The van der Waals surface area contributed by atoms with Gasteiger partial charge < -0.3 is 14.8 Å². The standard InChI is InChI=1S/C36H36NO3P/c38-36(23-13-12-16-30-24-25-34-35(28-30)40-29-39-34)37-26-14-1-2-15-27-41(31-17-6-3-7-18-31,32-19-8-4-9-20-32)33-21-10-5-11-22-33/h3-13,16-25,28H,1-2,14-15,26-27,29H2/p+1/b16-12+,23-13+. The van der Waals surface area contributed by atoms with Crippen LogP contribution in [0.25, 0.3) is 6.08 Å². The molecule has 5 rings (SSSR count). The lowest BCUT2D eigenvalue weighted by atomic mass is 10.2. The van der Waals surface area contributed by atoms with E-state index in [2.05, 4.69) is 96.3 Å². The first-order chi connectivity index (χ1) is 20.3. The molecule has 0 unspecified atom stereocenters. The summed E-state index contributed by atoms with van der Waals surface area (Å²) in [4.78, 5) is 12.2. The van der Waals surface area contributed by atoms with Crippen LogP contribution in [0.2, 0.25) is 0 Å². The predicted octanol–water partition coefficient (Wildman–Crippen LogP) is 6.66. The summed E-state index contributed by atoms with van der Waals surface area (Å²) in [6.45, 7) is 0.950. The summed E-state index contributed by atoms with van der Waals surface area (Å²) in [7, 11) is -1.77. The number of fused-ring (bicyclic) bond motifs is 1. The molecule has 5 heteroatoms. The quantitative estimate of drug-likeness (QED) is 0.0859. The van der Waals surface area contributed by atoms with Crippen LogP contribution in [0.15, 0.2) is 127 Å². The molecule has 4 aromatic rings. The topological polar surface area (TPSA) is 47.6 Å². The Hall–Kier alpha value is -4.14. The molecule has 1 aliphatic heterocycles. The number of nitrogens with one attached hydrogen (secondary N) is 1. The van der Waals surface area contributed by atoms with Crippen molar-refractivity contribution in [1.82, 2.24) is 5.32 Å². The number of hydrogen-bond donors (Lipinski definition) is 1. The highest BCUT2D eigenvalue weighted by Crippen LogP contribution is 2.56. The van der Waals surface area contributed by atoms with Crippen molar-refractivity contribution in [3.05, 3.63) is 133 Å². The van der Waals surface area contributed by atoms with Crippen LogP contribution in [0.4, 0.5) is 0 Å². The van der Waals surface area contributed by atoms with E-state index in [0.29, 0.717) is 6.54 Å². The minimum absolute atomic E-state index is 0.0671.